The minimum Gasteiger partial charge on any atom is -0.394 e. The highest BCUT2D eigenvalue weighted by atomic mass is 19.1. The van der Waals surface area contributed by atoms with Gasteiger partial charge in [-0.3, -0.25) is 14.7 Å². The first-order valence-corrected chi connectivity index (χ1v) is 5.67. The molecule has 2 N–H and O–H groups in total. The number of aliphatic hydroxyl groups is 2. The Labute approximate surface area is 106 Å². The molecule has 0 aromatic heterocycles. The summed E-state index contributed by atoms with van der Waals surface area (Å²) < 4.78 is 19.2. The van der Waals surface area contributed by atoms with Gasteiger partial charge >= 0.3 is 0 Å². The minimum atomic E-state index is -1.74. The van der Waals surface area contributed by atoms with E-state index >= 15 is 0 Å². The number of fused-ring (bicyclic) bond motifs is 1. The summed E-state index contributed by atoms with van der Waals surface area (Å²) in [5.41, 5.74) is 0. The van der Waals surface area contributed by atoms with Gasteiger partial charge in [0.25, 0.3) is 5.91 Å². The number of carbonyl (C=O) groups is 1. The monoisotopic (exact) mass is 270 g/mol. The third kappa shape index (κ3) is 1.78. The van der Waals surface area contributed by atoms with Crippen LogP contribution < -0.4 is 0 Å². The maximum atomic E-state index is 14.0. The fourth-order valence-corrected chi connectivity index (χ4v) is 2.21. The van der Waals surface area contributed by atoms with Gasteiger partial charge in [0.15, 0.2) is 18.4 Å². The van der Waals surface area contributed by atoms with Crippen molar-refractivity contribution in [3.8, 4) is 0 Å². The maximum absolute atomic E-state index is 14.0. The zero-order chi connectivity index (χ0) is 13.6. The van der Waals surface area contributed by atoms with E-state index in [1.54, 1.807) is 0 Å². The summed E-state index contributed by atoms with van der Waals surface area (Å²) in [7, 11) is 0. The van der Waals surface area contributed by atoms with Gasteiger partial charge in [-0.2, -0.15) is 4.99 Å². The molecular formula is C10H11FN4O4. The van der Waals surface area contributed by atoms with Crippen molar-refractivity contribution in [1.82, 2.24) is 4.90 Å². The molecule has 0 bridgehead atoms. The lowest BCUT2D eigenvalue weighted by molar-refractivity contribution is -0.117. The van der Waals surface area contributed by atoms with E-state index in [0.717, 1.165) is 6.34 Å². The number of ether oxygens (including phenoxy) is 1. The number of aliphatic hydroxyl groups excluding tert-OH is 2. The number of amides is 1. The van der Waals surface area contributed by atoms with Crippen LogP contribution in [0.4, 0.5) is 4.39 Å². The topological polar surface area (TPSA) is 107 Å². The van der Waals surface area contributed by atoms with Crippen LogP contribution in [0.1, 0.15) is 0 Å². The predicted octanol–water partition coefficient (Wildman–Crippen LogP) is -1.92. The van der Waals surface area contributed by atoms with Gasteiger partial charge in [0.2, 0.25) is 0 Å². The summed E-state index contributed by atoms with van der Waals surface area (Å²) in [4.78, 5) is 24.0. The Kier molecular flexibility index (Phi) is 2.88. The molecule has 102 valence electrons. The van der Waals surface area contributed by atoms with Crippen LogP contribution >= 0.6 is 0 Å². The molecule has 0 aliphatic carbocycles. The Morgan fingerprint density at radius 2 is 2.32 bits per heavy atom. The second kappa shape index (κ2) is 4.44. The lowest BCUT2D eigenvalue weighted by atomic mass is 10.1. The van der Waals surface area contributed by atoms with Crippen molar-refractivity contribution in [1.29, 1.82) is 0 Å². The normalized spacial score (nSPS) is 40.8. The van der Waals surface area contributed by atoms with Crippen molar-refractivity contribution in [3.05, 3.63) is 0 Å². The molecular weight excluding hydrogens is 259 g/mol. The second-order valence-electron chi connectivity index (χ2n) is 4.33. The Hall–Kier alpha value is -1.71. The molecule has 5 atom stereocenters. The van der Waals surface area contributed by atoms with Crippen LogP contribution in [0.3, 0.4) is 0 Å². The minimum absolute atomic E-state index is 0.207. The number of aliphatic imine (C=N–C) groups is 3. The van der Waals surface area contributed by atoms with E-state index in [4.69, 9.17) is 9.84 Å². The van der Waals surface area contributed by atoms with Crippen molar-refractivity contribution >= 4 is 24.4 Å². The van der Waals surface area contributed by atoms with Crippen LogP contribution in [0, 0.1) is 0 Å². The first kappa shape index (κ1) is 12.3. The van der Waals surface area contributed by atoms with E-state index < -0.39 is 43.2 Å². The maximum Gasteiger partial charge on any atom is 0.279 e. The molecule has 0 aromatic rings. The second-order valence-corrected chi connectivity index (χ2v) is 4.33. The van der Waals surface area contributed by atoms with Gasteiger partial charge in [-0.15, -0.1) is 0 Å². The molecule has 1 saturated heterocycles. The zero-order valence-electron chi connectivity index (χ0n) is 9.63. The summed E-state index contributed by atoms with van der Waals surface area (Å²) in [6.07, 6.45) is -3.05. The van der Waals surface area contributed by atoms with Gasteiger partial charge < -0.3 is 14.9 Å². The van der Waals surface area contributed by atoms with Crippen LogP contribution in [0.25, 0.3) is 0 Å². The number of rotatable bonds is 2. The van der Waals surface area contributed by atoms with Gasteiger partial charge in [0.1, 0.15) is 24.4 Å². The number of amidine groups is 1. The Bertz CT molecular complexity index is 494. The average Bonchev–Trinajstić information content (AvgIpc) is 2.94. The molecule has 0 spiro atoms. The van der Waals surface area contributed by atoms with Gasteiger partial charge in [-0.05, 0) is 0 Å². The highest BCUT2D eigenvalue weighted by molar-refractivity contribution is 6.19. The van der Waals surface area contributed by atoms with Crippen LogP contribution in [0.15, 0.2) is 15.0 Å². The van der Waals surface area contributed by atoms with Crippen molar-refractivity contribution in [2.45, 2.75) is 30.6 Å². The molecule has 0 saturated carbocycles. The van der Waals surface area contributed by atoms with E-state index in [1.165, 1.54) is 11.2 Å². The number of carbonyl (C=O) groups excluding carboxylic acids is 1. The molecule has 1 fully saturated rings. The zero-order valence-corrected chi connectivity index (χ0v) is 9.63. The third-order valence-electron chi connectivity index (χ3n) is 3.21. The largest absolute Gasteiger partial charge is 0.394 e. The van der Waals surface area contributed by atoms with Crippen molar-refractivity contribution < 1.29 is 24.1 Å². The van der Waals surface area contributed by atoms with E-state index in [-0.39, 0.29) is 5.84 Å². The fourth-order valence-electron chi connectivity index (χ4n) is 2.21. The molecule has 3 aliphatic rings. The molecule has 3 heterocycles. The van der Waals surface area contributed by atoms with E-state index in [2.05, 4.69) is 15.0 Å². The van der Waals surface area contributed by atoms with E-state index in [1.807, 2.05) is 0 Å². The lowest BCUT2D eigenvalue weighted by Crippen LogP contribution is -2.46. The van der Waals surface area contributed by atoms with Crippen LogP contribution in [-0.2, 0) is 9.53 Å². The first-order chi connectivity index (χ1) is 9.13. The molecule has 8 nitrogen and oxygen atoms in total. The molecule has 1 amide bonds. The molecule has 0 aromatic carbocycles. The van der Waals surface area contributed by atoms with Gasteiger partial charge in [0, 0.05) is 0 Å². The number of alkyl halides is 1. The van der Waals surface area contributed by atoms with Gasteiger partial charge in [-0.1, -0.05) is 0 Å². The third-order valence-corrected chi connectivity index (χ3v) is 3.21. The summed E-state index contributed by atoms with van der Waals surface area (Å²) in [5, 5.41) is 18.6. The van der Waals surface area contributed by atoms with Gasteiger partial charge in [-0.25, -0.2) is 9.38 Å². The molecule has 3 rings (SSSR count). The van der Waals surface area contributed by atoms with Crippen molar-refractivity contribution in [2.75, 3.05) is 6.61 Å². The van der Waals surface area contributed by atoms with Crippen LogP contribution in [0.2, 0.25) is 0 Å². The predicted molar refractivity (Wildman–Crippen MR) is 61.7 cm³/mol. The van der Waals surface area contributed by atoms with Crippen molar-refractivity contribution in [3.63, 3.8) is 0 Å². The summed E-state index contributed by atoms with van der Waals surface area (Å²) in [5.74, 6) is -0.283. The first-order valence-electron chi connectivity index (χ1n) is 5.67. The average molecular weight is 270 g/mol. The Balaban J connectivity index is 1.85. The highest BCUT2D eigenvalue weighted by Gasteiger charge is 2.50. The summed E-state index contributed by atoms with van der Waals surface area (Å²) in [6, 6.07) is -0.883. The SMILES string of the molecule is O=C1N=CN=C2C1N=CN2[C@@H]1O[C@H](CO)[C@H](O)C1F. The summed E-state index contributed by atoms with van der Waals surface area (Å²) in [6.45, 7) is -0.501. The standard InChI is InChI=1S/C10H11FN4O4/c11-5-7(17)4(1-16)19-10(5)15-3-14-6-8(15)12-2-13-9(6)18/h2-7,10,16-17H,1H2/t4-,5?,6?,7+,10-/m1/s1. The number of halogens is 1. The molecule has 9 heteroatoms. The fraction of sp³-hybridized carbons (Fsp3) is 0.600. The summed E-state index contributed by atoms with van der Waals surface area (Å²) >= 11 is 0. The molecule has 19 heavy (non-hydrogen) atoms. The Morgan fingerprint density at radius 3 is 3.00 bits per heavy atom. The molecule has 2 unspecified atom stereocenters. The van der Waals surface area contributed by atoms with Crippen LogP contribution in [-0.4, -0.2) is 76.8 Å². The molecule has 3 aliphatic heterocycles. The van der Waals surface area contributed by atoms with E-state index in [9.17, 15) is 14.3 Å². The highest BCUT2D eigenvalue weighted by Crippen LogP contribution is 2.28. The number of hydrogen-bond acceptors (Lipinski definition) is 7. The quantitative estimate of drug-likeness (QED) is 0.608. The van der Waals surface area contributed by atoms with Crippen molar-refractivity contribution in [2.24, 2.45) is 15.0 Å². The van der Waals surface area contributed by atoms with Gasteiger partial charge in [0.05, 0.1) is 12.9 Å². The van der Waals surface area contributed by atoms with Crippen LogP contribution in [0.5, 0.6) is 0 Å². The smallest absolute Gasteiger partial charge is 0.279 e. The number of nitrogens with zero attached hydrogens (tertiary/aromatic N) is 4. The van der Waals surface area contributed by atoms with E-state index in [0.29, 0.717) is 0 Å². The lowest BCUT2D eigenvalue weighted by Gasteiger charge is -2.25. The molecule has 0 radical (unpaired) electrons. The Morgan fingerprint density at radius 1 is 1.53 bits per heavy atom. The number of hydrogen-bond donors (Lipinski definition) is 2.